The topological polar surface area (TPSA) is 86.7 Å². The van der Waals surface area contributed by atoms with Crippen LogP contribution in [0.4, 0.5) is 0 Å². The van der Waals surface area contributed by atoms with Crippen LogP contribution in [-0.4, -0.2) is 11.6 Å². The van der Waals surface area contributed by atoms with E-state index < -0.39 is 0 Å². The fourth-order valence-electron chi connectivity index (χ4n) is 4.95. The van der Waals surface area contributed by atoms with Crippen molar-refractivity contribution >= 4 is 11.6 Å². The largest absolute Gasteiger partial charge is 0.464 e. The van der Waals surface area contributed by atoms with Gasteiger partial charge in [-0.05, 0) is 72.8 Å². The molecule has 0 saturated heterocycles. The van der Waals surface area contributed by atoms with E-state index in [1.165, 1.54) is 25.1 Å². The van der Waals surface area contributed by atoms with Crippen molar-refractivity contribution in [3.8, 4) is 45.3 Å². The van der Waals surface area contributed by atoms with Gasteiger partial charge < -0.3 is 17.7 Å². The highest BCUT2D eigenvalue weighted by Gasteiger charge is 2.39. The van der Waals surface area contributed by atoms with Crippen molar-refractivity contribution < 1.29 is 27.3 Å². The van der Waals surface area contributed by atoms with E-state index in [0.717, 1.165) is 0 Å². The molecule has 172 valence electrons. The molecule has 0 amide bonds. The lowest BCUT2D eigenvalue weighted by Crippen LogP contribution is -2.24. The standard InChI is InChI=1S/C30H16O6/c31-29-25-17(21-5-1-13-33-21)9-10-18(22-6-2-14-34-22)26(25)30(32)28-20(24-8-4-16-36-24)12-11-19(27(28)29)23-7-3-15-35-23/h1-16H. The second kappa shape index (κ2) is 7.71. The zero-order valence-corrected chi connectivity index (χ0v) is 18.7. The molecule has 0 spiro atoms. The molecular formula is C30H16O6. The molecule has 0 unspecified atom stereocenters. The first-order valence-electron chi connectivity index (χ1n) is 11.3. The Morgan fingerprint density at radius 3 is 0.806 bits per heavy atom. The van der Waals surface area contributed by atoms with Gasteiger partial charge in [0.15, 0.2) is 11.6 Å². The Balaban J connectivity index is 1.60. The van der Waals surface area contributed by atoms with Crippen molar-refractivity contribution in [1.82, 2.24) is 0 Å². The lowest BCUT2D eigenvalue weighted by atomic mass is 9.75. The lowest BCUT2D eigenvalue weighted by molar-refractivity contribution is 0.0980. The Hall–Kier alpha value is -5.10. The van der Waals surface area contributed by atoms with Crippen LogP contribution >= 0.6 is 0 Å². The summed E-state index contributed by atoms with van der Waals surface area (Å²) in [6.07, 6.45) is 6.14. The van der Waals surface area contributed by atoms with Crippen LogP contribution in [0.5, 0.6) is 0 Å². The molecule has 0 bridgehead atoms. The number of furan rings is 4. The summed E-state index contributed by atoms with van der Waals surface area (Å²) in [5, 5.41) is 0. The van der Waals surface area contributed by atoms with Gasteiger partial charge in [0.25, 0.3) is 0 Å². The molecule has 1 aliphatic carbocycles. The molecule has 0 aliphatic heterocycles. The molecular weight excluding hydrogens is 456 g/mol. The van der Waals surface area contributed by atoms with Crippen LogP contribution in [0.2, 0.25) is 0 Å². The maximum Gasteiger partial charge on any atom is 0.196 e. The minimum atomic E-state index is -0.306. The highest BCUT2D eigenvalue weighted by atomic mass is 16.3. The number of fused-ring (bicyclic) bond motifs is 2. The first kappa shape index (κ1) is 20.3. The third-order valence-electron chi connectivity index (χ3n) is 6.47. The van der Waals surface area contributed by atoms with E-state index in [9.17, 15) is 9.59 Å². The van der Waals surface area contributed by atoms with E-state index in [0.29, 0.717) is 45.3 Å². The third kappa shape index (κ3) is 2.85. The van der Waals surface area contributed by atoms with E-state index >= 15 is 0 Å². The van der Waals surface area contributed by atoms with Crippen molar-refractivity contribution in [2.45, 2.75) is 0 Å². The van der Waals surface area contributed by atoms with Crippen LogP contribution in [-0.2, 0) is 0 Å². The Bertz CT molecular complexity index is 1470. The monoisotopic (exact) mass is 472 g/mol. The van der Waals surface area contributed by atoms with Gasteiger partial charge >= 0.3 is 0 Å². The Labute approximate surface area is 204 Å². The quantitative estimate of drug-likeness (QED) is 0.264. The summed E-state index contributed by atoms with van der Waals surface area (Å²) < 4.78 is 22.6. The van der Waals surface area contributed by atoms with Crippen LogP contribution < -0.4 is 0 Å². The fraction of sp³-hybridized carbons (Fsp3) is 0. The number of benzene rings is 2. The number of hydrogen-bond acceptors (Lipinski definition) is 6. The molecule has 6 aromatic rings. The Morgan fingerprint density at radius 1 is 0.361 bits per heavy atom. The van der Waals surface area contributed by atoms with Crippen LogP contribution in [0.25, 0.3) is 45.3 Å². The average molecular weight is 472 g/mol. The Morgan fingerprint density at radius 2 is 0.611 bits per heavy atom. The number of carbonyl (C=O) groups excluding carboxylic acids is 2. The summed E-state index contributed by atoms with van der Waals surface area (Å²) in [4.78, 5) is 28.9. The van der Waals surface area contributed by atoms with Gasteiger partial charge in [-0.25, -0.2) is 0 Å². The van der Waals surface area contributed by atoms with Gasteiger partial charge in [-0.2, -0.15) is 0 Å². The van der Waals surface area contributed by atoms with Crippen LogP contribution in [0.15, 0.2) is 116 Å². The van der Waals surface area contributed by atoms with Gasteiger partial charge in [0.1, 0.15) is 23.0 Å². The van der Waals surface area contributed by atoms with Crippen molar-refractivity contribution in [1.29, 1.82) is 0 Å². The van der Waals surface area contributed by atoms with Gasteiger partial charge in [-0.15, -0.1) is 0 Å². The predicted octanol–water partition coefficient (Wildman–Crippen LogP) is 7.50. The average Bonchev–Trinajstić information content (AvgIpc) is 3.73. The molecule has 0 atom stereocenters. The number of rotatable bonds is 4. The van der Waals surface area contributed by atoms with Gasteiger partial charge in [-0.1, -0.05) is 0 Å². The van der Waals surface area contributed by atoms with Crippen molar-refractivity contribution in [2.24, 2.45) is 0 Å². The molecule has 4 heterocycles. The molecule has 36 heavy (non-hydrogen) atoms. The van der Waals surface area contributed by atoms with E-state index in [4.69, 9.17) is 17.7 Å². The summed E-state index contributed by atoms with van der Waals surface area (Å²) >= 11 is 0. The molecule has 6 heteroatoms. The highest BCUT2D eigenvalue weighted by molar-refractivity contribution is 6.35. The molecule has 0 saturated carbocycles. The first-order valence-corrected chi connectivity index (χ1v) is 11.3. The van der Waals surface area contributed by atoms with Gasteiger partial charge in [-0.3, -0.25) is 9.59 Å². The molecule has 0 fully saturated rings. The van der Waals surface area contributed by atoms with Crippen LogP contribution in [0, 0.1) is 0 Å². The number of hydrogen-bond donors (Lipinski definition) is 0. The normalized spacial score (nSPS) is 12.6. The SMILES string of the molecule is O=C1c2c(-c3ccco3)ccc(-c3ccco3)c2C(=O)c2c(-c3ccco3)ccc(-c3ccco3)c21. The number of carbonyl (C=O) groups is 2. The van der Waals surface area contributed by atoms with Crippen molar-refractivity contribution in [3.63, 3.8) is 0 Å². The first-order chi connectivity index (χ1) is 17.7. The van der Waals surface area contributed by atoms with Gasteiger partial charge in [0, 0.05) is 44.5 Å². The summed E-state index contributed by atoms with van der Waals surface area (Å²) in [6.45, 7) is 0. The summed E-state index contributed by atoms with van der Waals surface area (Å²) in [6, 6.07) is 21.2. The molecule has 0 radical (unpaired) electrons. The van der Waals surface area contributed by atoms with Crippen molar-refractivity contribution in [3.05, 3.63) is 120 Å². The van der Waals surface area contributed by atoms with Crippen LogP contribution in [0.3, 0.4) is 0 Å². The van der Waals surface area contributed by atoms with Crippen molar-refractivity contribution in [2.75, 3.05) is 0 Å². The summed E-state index contributed by atoms with van der Waals surface area (Å²) in [7, 11) is 0. The minimum absolute atomic E-state index is 0.265. The molecule has 1 aliphatic rings. The molecule has 2 aromatic carbocycles. The Kier molecular flexibility index (Phi) is 4.35. The second-order valence-electron chi connectivity index (χ2n) is 8.39. The smallest absolute Gasteiger partial charge is 0.196 e. The van der Waals surface area contributed by atoms with Gasteiger partial charge in [0.05, 0.1) is 25.1 Å². The van der Waals surface area contributed by atoms with Crippen LogP contribution in [0.1, 0.15) is 31.8 Å². The minimum Gasteiger partial charge on any atom is -0.464 e. The molecule has 7 rings (SSSR count). The zero-order valence-electron chi connectivity index (χ0n) is 18.7. The van der Waals surface area contributed by atoms with E-state index in [1.807, 2.05) is 0 Å². The molecule has 0 N–H and O–H groups in total. The lowest BCUT2D eigenvalue weighted by Gasteiger charge is -2.25. The third-order valence-corrected chi connectivity index (χ3v) is 6.47. The predicted molar refractivity (Wildman–Crippen MR) is 131 cm³/mol. The van der Waals surface area contributed by atoms with E-state index in [-0.39, 0.29) is 33.8 Å². The zero-order chi connectivity index (χ0) is 24.2. The maximum atomic E-state index is 14.4. The molecule has 6 nitrogen and oxygen atoms in total. The number of ketones is 2. The fourth-order valence-corrected chi connectivity index (χ4v) is 4.95. The second-order valence-corrected chi connectivity index (χ2v) is 8.39. The summed E-state index contributed by atoms with van der Waals surface area (Å²) in [5.74, 6) is 1.35. The molecule has 4 aromatic heterocycles. The summed E-state index contributed by atoms with van der Waals surface area (Å²) in [5.41, 5.74) is 3.18. The van der Waals surface area contributed by atoms with Gasteiger partial charge in [0.2, 0.25) is 0 Å². The maximum absolute atomic E-state index is 14.4. The van der Waals surface area contributed by atoms with E-state index in [2.05, 4.69) is 0 Å². The highest BCUT2D eigenvalue weighted by Crippen LogP contribution is 2.45. The van der Waals surface area contributed by atoms with E-state index in [1.54, 1.807) is 72.8 Å².